The molecule has 2 heterocycles. The minimum absolute atomic E-state index is 0.153. The van der Waals surface area contributed by atoms with Gasteiger partial charge in [0, 0.05) is 6.54 Å². The first-order valence-electron chi connectivity index (χ1n) is 10.5. The van der Waals surface area contributed by atoms with Crippen molar-refractivity contribution in [3.05, 3.63) is 95.4 Å². The van der Waals surface area contributed by atoms with E-state index in [4.69, 9.17) is 13.9 Å². The third kappa shape index (κ3) is 4.54. The summed E-state index contributed by atoms with van der Waals surface area (Å²) in [6, 6.07) is 15.1. The summed E-state index contributed by atoms with van der Waals surface area (Å²) in [5.41, 5.74) is 0.556. The molecule has 35 heavy (non-hydrogen) atoms. The van der Waals surface area contributed by atoms with Gasteiger partial charge in [-0.25, -0.2) is 13.8 Å². The van der Waals surface area contributed by atoms with Crippen molar-refractivity contribution in [2.75, 3.05) is 12.1 Å². The van der Waals surface area contributed by atoms with E-state index in [0.29, 0.717) is 11.5 Å². The lowest BCUT2D eigenvalue weighted by Crippen LogP contribution is -2.25. The molecule has 0 saturated carbocycles. The number of hydrogen-bond donors (Lipinski definition) is 2. The van der Waals surface area contributed by atoms with E-state index in [1.54, 1.807) is 36.4 Å². The number of nitrogens with zero attached hydrogens (tertiary/aromatic N) is 1. The third-order valence-electron chi connectivity index (χ3n) is 5.22. The number of benzene rings is 3. The normalized spacial score (nSPS) is 11.8. The fourth-order valence-electron chi connectivity index (χ4n) is 3.50. The predicted octanol–water partition coefficient (Wildman–Crippen LogP) is 4.53. The molecule has 0 bridgehead atoms. The van der Waals surface area contributed by atoms with Gasteiger partial charge in [0.25, 0.3) is 11.8 Å². The molecule has 176 valence electrons. The van der Waals surface area contributed by atoms with Crippen LogP contribution in [0.5, 0.6) is 11.5 Å². The summed E-state index contributed by atoms with van der Waals surface area (Å²) in [5, 5.41) is 5.38. The molecule has 1 aromatic heterocycles. The number of amides is 2. The third-order valence-corrected chi connectivity index (χ3v) is 5.22. The molecule has 0 unspecified atom stereocenters. The highest BCUT2D eigenvalue weighted by Gasteiger charge is 2.21. The Labute approximate surface area is 197 Å². The Bertz CT molecular complexity index is 1420. The monoisotopic (exact) mass is 477 g/mol. The Balaban J connectivity index is 1.29. The van der Waals surface area contributed by atoms with Crippen molar-refractivity contribution in [3.8, 4) is 23.0 Å². The topological polar surface area (TPSA) is 103 Å². The molecule has 4 aromatic rings. The molecule has 0 atom stereocenters. The van der Waals surface area contributed by atoms with Gasteiger partial charge in [0.15, 0.2) is 17.2 Å². The lowest BCUT2D eigenvalue weighted by atomic mass is 10.1. The van der Waals surface area contributed by atoms with Crippen LogP contribution in [0.15, 0.2) is 71.3 Å². The summed E-state index contributed by atoms with van der Waals surface area (Å²) in [5.74, 6) is -2.01. The minimum Gasteiger partial charge on any atom is -0.454 e. The SMILES string of the molecule is O=C(Nc1ccccc1C(=O)NCc1ccc2c(c1)OCO2)c1coc(-c2c(F)cccc2F)n1. The van der Waals surface area contributed by atoms with Crippen molar-refractivity contribution in [1.82, 2.24) is 10.3 Å². The van der Waals surface area contributed by atoms with Gasteiger partial charge in [0.1, 0.15) is 23.5 Å². The van der Waals surface area contributed by atoms with Crippen LogP contribution in [0.2, 0.25) is 0 Å². The highest BCUT2D eigenvalue weighted by atomic mass is 19.1. The second-order valence-corrected chi connectivity index (χ2v) is 7.50. The second-order valence-electron chi connectivity index (χ2n) is 7.50. The molecule has 0 fully saturated rings. The number of carbonyl (C=O) groups is 2. The second kappa shape index (κ2) is 9.26. The molecule has 2 N–H and O–H groups in total. The maximum absolute atomic E-state index is 14.0. The Morgan fingerprint density at radius 2 is 1.69 bits per heavy atom. The van der Waals surface area contributed by atoms with Gasteiger partial charge in [0.05, 0.1) is 11.3 Å². The Morgan fingerprint density at radius 3 is 2.51 bits per heavy atom. The number of carbonyl (C=O) groups excluding carboxylic acids is 2. The lowest BCUT2D eigenvalue weighted by molar-refractivity contribution is 0.0951. The number of nitrogens with one attached hydrogen (secondary N) is 2. The highest BCUT2D eigenvalue weighted by molar-refractivity contribution is 6.08. The maximum atomic E-state index is 14.0. The molecule has 1 aliphatic heterocycles. The lowest BCUT2D eigenvalue weighted by Gasteiger charge is -2.11. The van der Waals surface area contributed by atoms with Crippen molar-refractivity contribution in [2.45, 2.75) is 6.54 Å². The number of hydrogen-bond acceptors (Lipinski definition) is 6. The quantitative estimate of drug-likeness (QED) is 0.423. The summed E-state index contributed by atoms with van der Waals surface area (Å²) in [7, 11) is 0. The van der Waals surface area contributed by atoms with Crippen molar-refractivity contribution in [3.63, 3.8) is 0 Å². The van der Waals surface area contributed by atoms with Crippen LogP contribution >= 0.6 is 0 Å². The molecule has 0 saturated heterocycles. The Morgan fingerprint density at radius 1 is 0.914 bits per heavy atom. The van der Waals surface area contributed by atoms with E-state index in [-0.39, 0.29) is 36.2 Å². The van der Waals surface area contributed by atoms with E-state index in [1.807, 2.05) is 6.07 Å². The van der Waals surface area contributed by atoms with Crippen LogP contribution in [-0.2, 0) is 6.54 Å². The molecule has 0 aliphatic carbocycles. The van der Waals surface area contributed by atoms with Crippen LogP contribution in [-0.4, -0.2) is 23.6 Å². The number of anilines is 1. The average Bonchev–Trinajstić information content (AvgIpc) is 3.52. The molecule has 3 aromatic carbocycles. The predicted molar refractivity (Wildman–Crippen MR) is 120 cm³/mol. The van der Waals surface area contributed by atoms with Crippen LogP contribution in [0.3, 0.4) is 0 Å². The maximum Gasteiger partial charge on any atom is 0.277 e. The zero-order chi connectivity index (χ0) is 24.4. The minimum atomic E-state index is -0.872. The number of ether oxygens (including phenoxy) is 2. The van der Waals surface area contributed by atoms with Crippen LogP contribution in [0, 0.1) is 11.6 Å². The first-order valence-corrected chi connectivity index (χ1v) is 10.5. The summed E-state index contributed by atoms with van der Waals surface area (Å²) in [6.07, 6.45) is 0.985. The zero-order valence-corrected chi connectivity index (χ0v) is 18.0. The number of fused-ring (bicyclic) bond motifs is 1. The molecule has 0 radical (unpaired) electrons. The fraction of sp³-hybridized carbons (Fsp3) is 0.0800. The largest absolute Gasteiger partial charge is 0.454 e. The van der Waals surface area contributed by atoms with Crippen LogP contribution in [0.1, 0.15) is 26.4 Å². The molecule has 5 rings (SSSR count). The summed E-state index contributed by atoms with van der Waals surface area (Å²) >= 11 is 0. The molecule has 1 aliphatic rings. The van der Waals surface area contributed by atoms with Gasteiger partial charge in [-0.3, -0.25) is 9.59 Å². The molecular weight excluding hydrogens is 460 g/mol. The molecular formula is C25H17F2N3O5. The van der Waals surface area contributed by atoms with Crippen molar-refractivity contribution in [2.24, 2.45) is 0 Å². The number of oxazole rings is 1. The Hall–Kier alpha value is -4.73. The van der Waals surface area contributed by atoms with E-state index in [0.717, 1.165) is 24.0 Å². The van der Waals surface area contributed by atoms with Gasteiger partial charge < -0.3 is 24.5 Å². The van der Waals surface area contributed by atoms with Gasteiger partial charge >= 0.3 is 0 Å². The average molecular weight is 477 g/mol. The number of rotatable bonds is 6. The highest BCUT2D eigenvalue weighted by Crippen LogP contribution is 2.32. The molecule has 8 nitrogen and oxygen atoms in total. The van der Waals surface area contributed by atoms with Gasteiger partial charge in [-0.15, -0.1) is 0 Å². The van der Waals surface area contributed by atoms with Crippen molar-refractivity contribution in [1.29, 1.82) is 0 Å². The fourth-order valence-corrected chi connectivity index (χ4v) is 3.50. The van der Waals surface area contributed by atoms with Crippen LogP contribution < -0.4 is 20.1 Å². The van der Waals surface area contributed by atoms with E-state index in [9.17, 15) is 18.4 Å². The first-order chi connectivity index (χ1) is 17.0. The Kier molecular flexibility index (Phi) is 5.84. The van der Waals surface area contributed by atoms with Crippen molar-refractivity contribution < 1.29 is 32.3 Å². The van der Waals surface area contributed by atoms with Gasteiger partial charge in [-0.05, 0) is 42.0 Å². The molecule has 10 heteroatoms. The zero-order valence-electron chi connectivity index (χ0n) is 18.0. The molecule has 0 spiro atoms. The van der Waals surface area contributed by atoms with E-state index >= 15 is 0 Å². The standard InChI is InChI=1S/C25H17F2N3O5/c26-16-5-3-6-17(27)22(16)25-30-19(12-33-25)24(32)29-18-7-2-1-4-15(18)23(31)28-11-14-8-9-20-21(10-14)35-13-34-20/h1-10,12H,11,13H2,(H,28,31)(H,29,32). The van der Waals surface area contributed by atoms with Crippen LogP contribution in [0.25, 0.3) is 11.5 Å². The summed E-state index contributed by atoms with van der Waals surface area (Å²) in [4.78, 5) is 29.4. The van der Waals surface area contributed by atoms with Crippen molar-refractivity contribution >= 4 is 17.5 Å². The van der Waals surface area contributed by atoms with Crippen LogP contribution in [0.4, 0.5) is 14.5 Å². The number of aromatic nitrogens is 1. The number of para-hydroxylation sites is 1. The van der Waals surface area contributed by atoms with E-state index in [1.165, 1.54) is 6.07 Å². The summed E-state index contributed by atoms with van der Waals surface area (Å²) < 4.78 is 43.7. The van der Waals surface area contributed by atoms with E-state index in [2.05, 4.69) is 15.6 Å². The van der Waals surface area contributed by atoms with Gasteiger partial charge in [-0.2, -0.15) is 0 Å². The number of halogens is 2. The smallest absolute Gasteiger partial charge is 0.277 e. The van der Waals surface area contributed by atoms with Gasteiger partial charge in [0.2, 0.25) is 12.7 Å². The summed E-state index contributed by atoms with van der Waals surface area (Å²) in [6.45, 7) is 0.374. The van der Waals surface area contributed by atoms with Gasteiger partial charge in [-0.1, -0.05) is 24.3 Å². The molecule has 2 amide bonds. The first kappa shape index (κ1) is 22.1. The van der Waals surface area contributed by atoms with E-state index < -0.39 is 29.0 Å².